The van der Waals surface area contributed by atoms with Gasteiger partial charge in [0.25, 0.3) is 0 Å². The number of nitrogens with zero attached hydrogens (tertiary/aromatic N) is 1. The Kier molecular flexibility index (Phi) is 8.03. The molecule has 0 radical (unpaired) electrons. The van der Waals surface area contributed by atoms with Crippen LogP contribution >= 0.6 is 0 Å². The lowest BCUT2D eigenvalue weighted by Gasteiger charge is -2.30. The summed E-state index contributed by atoms with van der Waals surface area (Å²) in [5.41, 5.74) is 11.1. The Bertz CT molecular complexity index is 2520. The molecule has 8 aromatic carbocycles. The first kappa shape index (κ1) is 32.5. The highest BCUT2D eigenvalue weighted by Gasteiger charge is 2.24. The second kappa shape index (κ2) is 12.6. The quantitative estimate of drug-likeness (QED) is 0.178. The summed E-state index contributed by atoms with van der Waals surface area (Å²) in [6.45, 7) is 13.9. The van der Waals surface area contributed by atoms with Gasteiger partial charge in [-0.1, -0.05) is 181 Å². The second-order valence-electron chi connectivity index (χ2n) is 15.9. The Hall–Kier alpha value is -5.66. The topological polar surface area (TPSA) is 3.24 Å². The van der Waals surface area contributed by atoms with E-state index in [9.17, 15) is 0 Å². The molecule has 0 spiro atoms. The molecule has 0 aliphatic heterocycles. The van der Waals surface area contributed by atoms with Crippen LogP contribution in [0.25, 0.3) is 54.6 Å². The van der Waals surface area contributed by atoms with E-state index in [1.807, 2.05) is 0 Å². The van der Waals surface area contributed by atoms with Crippen molar-refractivity contribution in [3.8, 4) is 22.3 Å². The van der Waals surface area contributed by atoms with Gasteiger partial charge in [0, 0.05) is 16.6 Å². The Balaban J connectivity index is 1.42. The molecule has 0 heterocycles. The number of hydrogen-bond donors (Lipinski definition) is 0. The third-order valence-electron chi connectivity index (χ3n) is 10.3. The van der Waals surface area contributed by atoms with Crippen LogP contribution in [0.2, 0.25) is 0 Å². The maximum atomic E-state index is 2.46. The van der Waals surface area contributed by atoms with Crippen molar-refractivity contribution < 1.29 is 0 Å². The van der Waals surface area contributed by atoms with E-state index in [2.05, 4.69) is 210 Å². The first-order valence-electron chi connectivity index (χ1n) is 18.1. The number of benzene rings is 8. The molecule has 8 aromatic rings. The minimum Gasteiger partial charge on any atom is -0.309 e. The van der Waals surface area contributed by atoms with Crippen LogP contribution in [0.1, 0.15) is 52.7 Å². The fourth-order valence-corrected chi connectivity index (χ4v) is 7.48. The maximum absolute atomic E-state index is 2.46. The normalized spacial score (nSPS) is 12.1. The largest absolute Gasteiger partial charge is 0.309 e. The number of para-hydroxylation sites is 1. The minimum absolute atomic E-state index is 0.0227. The highest BCUT2D eigenvalue weighted by molar-refractivity contribution is 6.10. The van der Waals surface area contributed by atoms with Gasteiger partial charge in [-0.2, -0.15) is 0 Å². The summed E-state index contributed by atoms with van der Waals surface area (Å²) in [7, 11) is 0. The molecule has 8 rings (SSSR count). The highest BCUT2D eigenvalue weighted by atomic mass is 15.1. The number of hydrogen-bond acceptors (Lipinski definition) is 1. The molecule has 0 fully saturated rings. The van der Waals surface area contributed by atoms with Crippen molar-refractivity contribution in [3.05, 3.63) is 175 Å². The summed E-state index contributed by atoms with van der Waals surface area (Å²) >= 11 is 0. The first-order valence-corrected chi connectivity index (χ1v) is 18.1. The van der Waals surface area contributed by atoms with Crippen LogP contribution in [0.3, 0.4) is 0 Å². The lowest BCUT2D eigenvalue weighted by molar-refractivity contribution is 0.569. The van der Waals surface area contributed by atoms with Gasteiger partial charge in [0.05, 0.1) is 11.4 Å². The van der Waals surface area contributed by atoms with E-state index in [4.69, 9.17) is 0 Å². The molecule has 0 unspecified atom stereocenters. The summed E-state index contributed by atoms with van der Waals surface area (Å²) in [5.74, 6) is 0. The third-order valence-corrected chi connectivity index (χ3v) is 10.3. The summed E-state index contributed by atoms with van der Waals surface area (Å²) in [5, 5.41) is 7.40. The molecule has 0 saturated heterocycles. The van der Waals surface area contributed by atoms with E-state index >= 15 is 0 Å². The maximum Gasteiger partial charge on any atom is 0.0540 e. The smallest absolute Gasteiger partial charge is 0.0540 e. The van der Waals surface area contributed by atoms with E-state index in [1.54, 1.807) is 0 Å². The van der Waals surface area contributed by atoms with Crippen LogP contribution in [0.5, 0.6) is 0 Å². The predicted octanol–water partition coefficient (Wildman–Crippen LogP) is 14.5. The molecule has 0 aliphatic rings. The summed E-state index contributed by atoms with van der Waals surface area (Å²) < 4.78 is 0. The fourth-order valence-electron chi connectivity index (χ4n) is 7.48. The van der Waals surface area contributed by atoms with Crippen molar-refractivity contribution in [2.75, 3.05) is 4.90 Å². The zero-order chi connectivity index (χ0) is 35.3. The van der Waals surface area contributed by atoms with Gasteiger partial charge in [0.15, 0.2) is 0 Å². The Morgan fingerprint density at radius 1 is 0.373 bits per heavy atom. The van der Waals surface area contributed by atoms with Crippen LogP contribution in [-0.2, 0) is 10.8 Å². The van der Waals surface area contributed by atoms with Gasteiger partial charge < -0.3 is 4.90 Å². The molecule has 0 bridgehead atoms. The highest BCUT2D eigenvalue weighted by Crippen LogP contribution is 2.47. The molecule has 1 nitrogen and oxygen atoms in total. The average molecular weight is 660 g/mol. The number of anilines is 3. The van der Waals surface area contributed by atoms with Gasteiger partial charge >= 0.3 is 0 Å². The Morgan fingerprint density at radius 3 is 1.63 bits per heavy atom. The zero-order valence-electron chi connectivity index (χ0n) is 30.5. The van der Waals surface area contributed by atoms with Crippen molar-refractivity contribution in [2.45, 2.75) is 52.4 Å². The predicted molar refractivity (Wildman–Crippen MR) is 222 cm³/mol. The monoisotopic (exact) mass is 659 g/mol. The SMILES string of the molecule is CC(C)(C)c1cc(-c2cccc3cccc(-c4ccccc4N(c4ccc5ccccc5c4)c4cccc5ccccc45)c23)cc(C(C)(C)C)c1. The van der Waals surface area contributed by atoms with Crippen LogP contribution in [0.4, 0.5) is 17.1 Å². The summed E-state index contributed by atoms with van der Waals surface area (Å²) in [6.07, 6.45) is 0. The van der Waals surface area contributed by atoms with Crippen LogP contribution < -0.4 is 4.90 Å². The van der Waals surface area contributed by atoms with Gasteiger partial charge in [-0.3, -0.25) is 0 Å². The van der Waals surface area contributed by atoms with Crippen molar-refractivity contribution in [1.29, 1.82) is 0 Å². The molecular formula is C50H45N. The summed E-state index contributed by atoms with van der Waals surface area (Å²) in [4.78, 5) is 2.46. The Morgan fingerprint density at radius 2 is 0.902 bits per heavy atom. The van der Waals surface area contributed by atoms with E-state index in [-0.39, 0.29) is 10.8 Å². The number of rotatable bonds is 5. The van der Waals surface area contributed by atoms with Crippen molar-refractivity contribution >= 4 is 49.4 Å². The molecule has 0 saturated carbocycles. The molecule has 0 amide bonds. The molecule has 0 N–H and O–H groups in total. The van der Waals surface area contributed by atoms with E-state index in [1.165, 1.54) is 65.7 Å². The first-order chi connectivity index (χ1) is 24.6. The second-order valence-corrected chi connectivity index (χ2v) is 15.9. The van der Waals surface area contributed by atoms with Crippen molar-refractivity contribution in [2.24, 2.45) is 0 Å². The van der Waals surface area contributed by atoms with Gasteiger partial charge in [0.1, 0.15) is 0 Å². The summed E-state index contributed by atoms with van der Waals surface area (Å²) in [6, 6.07) is 60.6. The molecule has 51 heavy (non-hydrogen) atoms. The standard InChI is InChI=1S/C50H45N/c1-49(2,3)39-30-38(31-40(33-39)50(4,5)6)43-24-13-20-36-21-14-25-45(48(36)43)44-23-11-12-26-47(44)51(41-29-28-34-16-7-8-18-37(34)32-41)46-27-15-19-35-17-9-10-22-42(35)46/h7-33H,1-6H3. The lowest BCUT2D eigenvalue weighted by Crippen LogP contribution is -2.16. The van der Waals surface area contributed by atoms with Crippen LogP contribution in [-0.4, -0.2) is 0 Å². The average Bonchev–Trinajstić information content (AvgIpc) is 3.14. The van der Waals surface area contributed by atoms with Crippen LogP contribution in [0.15, 0.2) is 164 Å². The molecular weight excluding hydrogens is 615 g/mol. The van der Waals surface area contributed by atoms with Crippen molar-refractivity contribution in [3.63, 3.8) is 0 Å². The fraction of sp³-hybridized carbons (Fsp3) is 0.160. The van der Waals surface area contributed by atoms with Gasteiger partial charge in [0.2, 0.25) is 0 Å². The molecule has 1 heteroatoms. The van der Waals surface area contributed by atoms with Crippen molar-refractivity contribution in [1.82, 2.24) is 0 Å². The van der Waals surface area contributed by atoms with E-state index in [0.717, 1.165) is 17.1 Å². The van der Waals surface area contributed by atoms with Crippen LogP contribution in [0, 0.1) is 0 Å². The number of fused-ring (bicyclic) bond motifs is 3. The zero-order valence-corrected chi connectivity index (χ0v) is 30.5. The molecule has 0 aliphatic carbocycles. The van der Waals surface area contributed by atoms with Gasteiger partial charge in [-0.05, 0) is 89.8 Å². The third kappa shape index (κ3) is 6.08. The minimum atomic E-state index is 0.0227. The molecule has 0 atom stereocenters. The molecule has 0 aromatic heterocycles. The van der Waals surface area contributed by atoms with Gasteiger partial charge in [-0.25, -0.2) is 0 Å². The van der Waals surface area contributed by atoms with E-state index < -0.39 is 0 Å². The van der Waals surface area contributed by atoms with Gasteiger partial charge in [-0.15, -0.1) is 0 Å². The van der Waals surface area contributed by atoms with E-state index in [0.29, 0.717) is 0 Å². The lowest BCUT2D eigenvalue weighted by atomic mass is 9.78. The molecule has 250 valence electrons. The Labute approximate surface area is 302 Å².